The first kappa shape index (κ1) is 12.0. The fraction of sp³-hybridized carbons (Fsp3) is 0.800. The fourth-order valence-corrected chi connectivity index (χ4v) is 1.52. The van der Waals surface area contributed by atoms with Crippen LogP contribution >= 0.6 is 0 Å². The molecule has 0 aromatic heterocycles. The third-order valence-electron chi connectivity index (χ3n) is 2.56. The number of hydrogen-bond acceptors (Lipinski definition) is 3. The molecule has 1 N–H and O–H groups in total. The Kier molecular flexibility index (Phi) is 4.08. The van der Waals surface area contributed by atoms with Gasteiger partial charge in [0.15, 0.2) is 0 Å². The van der Waals surface area contributed by atoms with Crippen molar-refractivity contribution >= 4 is 11.8 Å². The van der Waals surface area contributed by atoms with Gasteiger partial charge in [0.2, 0.25) is 11.8 Å². The van der Waals surface area contributed by atoms with Crippen molar-refractivity contribution in [3.63, 3.8) is 0 Å². The van der Waals surface area contributed by atoms with Crippen molar-refractivity contribution < 1.29 is 9.59 Å². The van der Waals surface area contributed by atoms with Gasteiger partial charge >= 0.3 is 0 Å². The van der Waals surface area contributed by atoms with Crippen molar-refractivity contribution in [2.24, 2.45) is 0 Å². The Morgan fingerprint density at radius 1 is 1.60 bits per heavy atom. The van der Waals surface area contributed by atoms with E-state index in [1.165, 1.54) is 4.90 Å². The average Bonchev–Trinajstić information content (AvgIpc) is 2.33. The van der Waals surface area contributed by atoms with E-state index in [0.717, 1.165) is 13.0 Å². The summed E-state index contributed by atoms with van der Waals surface area (Å²) in [5.74, 6) is -0.0137. The molecule has 1 atom stereocenters. The van der Waals surface area contributed by atoms with Gasteiger partial charge in [0.25, 0.3) is 0 Å². The Bertz CT molecular complexity index is 253. The van der Waals surface area contributed by atoms with Gasteiger partial charge < -0.3 is 15.1 Å². The van der Waals surface area contributed by atoms with Crippen LogP contribution in [-0.2, 0) is 9.59 Å². The van der Waals surface area contributed by atoms with Crippen molar-refractivity contribution in [2.45, 2.75) is 19.4 Å². The van der Waals surface area contributed by atoms with Crippen LogP contribution in [0.4, 0.5) is 0 Å². The van der Waals surface area contributed by atoms with Gasteiger partial charge in [-0.05, 0) is 19.9 Å². The van der Waals surface area contributed by atoms with Crippen molar-refractivity contribution in [2.75, 3.05) is 33.7 Å². The molecule has 0 aromatic rings. The molecule has 2 amide bonds. The van der Waals surface area contributed by atoms with Crippen molar-refractivity contribution in [3.8, 4) is 0 Å². The number of rotatable bonds is 2. The molecule has 86 valence electrons. The van der Waals surface area contributed by atoms with Gasteiger partial charge in [0.05, 0.1) is 12.6 Å². The maximum atomic E-state index is 11.8. The largest absolute Gasteiger partial charge is 0.347 e. The first-order chi connectivity index (χ1) is 7.02. The molecule has 0 bridgehead atoms. The van der Waals surface area contributed by atoms with Gasteiger partial charge in [-0.25, -0.2) is 0 Å². The molecule has 1 fully saturated rings. The smallest absolute Gasteiger partial charge is 0.241 e. The maximum Gasteiger partial charge on any atom is 0.241 e. The van der Waals surface area contributed by atoms with Crippen LogP contribution < -0.4 is 5.32 Å². The lowest BCUT2D eigenvalue weighted by Crippen LogP contribution is -2.45. The third kappa shape index (κ3) is 3.20. The van der Waals surface area contributed by atoms with Crippen LogP contribution in [-0.4, -0.2) is 61.4 Å². The summed E-state index contributed by atoms with van der Waals surface area (Å²) in [4.78, 5) is 26.4. The molecule has 0 radical (unpaired) electrons. The molecular formula is C10H19N3O2. The topological polar surface area (TPSA) is 52.7 Å². The predicted molar refractivity (Wildman–Crippen MR) is 57.4 cm³/mol. The zero-order chi connectivity index (χ0) is 11.4. The predicted octanol–water partition coefficient (Wildman–Crippen LogP) is -0.715. The van der Waals surface area contributed by atoms with Crippen molar-refractivity contribution in [3.05, 3.63) is 0 Å². The molecule has 0 aliphatic carbocycles. The molecule has 1 aliphatic heterocycles. The molecule has 5 nitrogen and oxygen atoms in total. The van der Waals surface area contributed by atoms with Gasteiger partial charge in [-0.2, -0.15) is 0 Å². The molecule has 1 unspecified atom stereocenters. The number of carbonyl (C=O) groups excluding carboxylic acids is 2. The highest BCUT2D eigenvalue weighted by atomic mass is 16.2. The minimum absolute atomic E-state index is 0.0164. The highest BCUT2D eigenvalue weighted by molar-refractivity contribution is 5.87. The summed E-state index contributed by atoms with van der Waals surface area (Å²) in [6.07, 6.45) is 0.900. The summed E-state index contributed by atoms with van der Waals surface area (Å²) in [6, 6.07) is -0.178. The Labute approximate surface area is 90.4 Å². The standard InChI is InChI=1S/C10H19N3O2/c1-8-10(15)13(6-4-5-11-8)7-9(14)12(2)3/h8,11H,4-7H2,1-3H3. The second-order valence-electron chi connectivity index (χ2n) is 4.08. The minimum atomic E-state index is -0.178. The third-order valence-corrected chi connectivity index (χ3v) is 2.56. The summed E-state index contributed by atoms with van der Waals surface area (Å²) in [5, 5.41) is 3.11. The van der Waals surface area contributed by atoms with Crippen LogP contribution in [0.2, 0.25) is 0 Å². The number of hydrogen-bond donors (Lipinski definition) is 1. The molecule has 15 heavy (non-hydrogen) atoms. The van der Waals surface area contributed by atoms with Crippen LogP contribution in [0.25, 0.3) is 0 Å². The number of amides is 2. The lowest BCUT2D eigenvalue weighted by molar-refractivity contribution is -0.139. The van der Waals surface area contributed by atoms with Crippen LogP contribution in [0, 0.1) is 0 Å². The van der Waals surface area contributed by atoms with E-state index in [2.05, 4.69) is 5.32 Å². The van der Waals surface area contributed by atoms with Gasteiger partial charge in [-0.15, -0.1) is 0 Å². The van der Waals surface area contributed by atoms with Gasteiger partial charge in [-0.1, -0.05) is 0 Å². The first-order valence-electron chi connectivity index (χ1n) is 5.24. The summed E-state index contributed by atoms with van der Waals surface area (Å²) in [6.45, 7) is 3.52. The summed E-state index contributed by atoms with van der Waals surface area (Å²) in [7, 11) is 3.40. The summed E-state index contributed by atoms with van der Waals surface area (Å²) in [5.41, 5.74) is 0. The Hall–Kier alpha value is -1.10. The monoisotopic (exact) mass is 213 g/mol. The van der Waals surface area contributed by atoms with Crippen LogP contribution in [0.3, 0.4) is 0 Å². The molecule has 1 heterocycles. The van der Waals surface area contributed by atoms with Crippen LogP contribution in [0.5, 0.6) is 0 Å². The van der Waals surface area contributed by atoms with E-state index in [9.17, 15) is 9.59 Å². The molecule has 1 aliphatic rings. The summed E-state index contributed by atoms with van der Waals surface area (Å²) < 4.78 is 0. The highest BCUT2D eigenvalue weighted by Gasteiger charge is 2.24. The van der Waals surface area contributed by atoms with E-state index in [1.807, 2.05) is 6.92 Å². The first-order valence-corrected chi connectivity index (χ1v) is 5.24. The lowest BCUT2D eigenvalue weighted by Gasteiger charge is -2.23. The Balaban J connectivity index is 2.58. The van der Waals surface area contributed by atoms with Gasteiger partial charge in [-0.3, -0.25) is 9.59 Å². The molecule has 1 saturated heterocycles. The van der Waals surface area contributed by atoms with Gasteiger partial charge in [0.1, 0.15) is 0 Å². The molecule has 0 saturated carbocycles. The fourth-order valence-electron chi connectivity index (χ4n) is 1.52. The number of nitrogens with zero attached hydrogens (tertiary/aromatic N) is 2. The molecule has 0 spiro atoms. The minimum Gasteiger partial charge on any atom is -0.347 e. The van der Waals surface area contributed by atoms with E-state index < -0.39 is 0 Å². The Morgan fingerprint density at radius 3 is 2.87 bits per heavy atom. The van der Waals surface area contributed by atoms with E-state index in [4.69, 9.17) is 0 Å². The maximum absolute atomic E-state index is 11.8. The SMILES string of the molecule is CC1NCCCN(CC(=O)N(C)C)C1=O. The Morgan fingerprint density at radius 2 is 2.27 bits per heavy atom. The van der Waals surface area contributed by atoms with Gasteiger partial charge in [0, 0.05) is 20.6 Å². The van der Waals surface area contributed by atoms with Crippen molar-refractivity contribution in [1.29, 1.82) is 0 Å². The normalized spacial score (nSPS) is 22.5. The van der Waals surface area contributed by atoms with Crippen LogP contribution in [0.1, 0.15) is 13.3 Å². The number of nitrogens with one attached hydrogen (secondary N) is 1. The quantitative estimate of drug-likeness (QED) is 0.659. The number of carbonyl (C=O) groups is 2. The zero-order valence-corrected chi connectivity index (χ0v) is 9.62. The second-order valence-corrected chi connectivity index (χ2v) is 4.08. The van der Waals surface area contributed by atoms with Crippen molar-refractivity contribution in [1.82, 2.24) is 15.1 Å². The molecule has 0 aromatic carbocycles. The second kappa shape index (κ2) is 5.11. The molecule has 5 heteroatoms. The summed E-state index contributed by atoms with van der Waals surface area (Å²) >= 11 is 0. The lowest BCUT2D eigenvalue weighted by atomic mass is 10.3. The average molecular weight is 213 g/mol. The van der Waals surface area contributed by atoms with E-state index in [-0.39, 0.29) is 24.4 Å². The number of likely N-dealkylation sites (N-methyl/N-ethyl adjacent to an activating group) is 1. The van der Waals surface area contributed by atoms with E-state index in [1.54, 1.807) is 19.0 Å². The van der Waals surface area contributed by atoms with E-state index in [0.29, 0.717) is 6.54 Å². The zero-order valence-electron chi connectivity index (χ0n) is 9.62. The molecular weight excluding hydrogens is 194 g/mol. The highest BCUT2D eigenvalue weighted by Crippen LogP contribution is 2.02. The van der Waals surface area contributed by atoms with Crippen LogP contribution in [0.15, 0.2) is 0 Å². The van der Waals surface area contributed by atoms with E-state index >= 15 is 0 Å². The molecule has 1 rings (SSSR count).